The first-order valence-corrected chi connectivity index (χ1v) is 5.01. The summed E-state index contributed by atoms with van der Waals surface area (Å²) in [4.78, 5) is 0. The van der Waals surface area contributed by atoms with Crippen LogP contribution in [0.2, 0.25) is 0 Å². The molecule has 1 unspecified atom stereocenters. The van der Waals surface area contributed by atoms with Gasteiger partial charge in [0.2, 0.25) is 0 Å². The molecular weight excluding hydrogens is 174 g/mol. The first kappa shape index (κ1) is 7.85. The Labute approximate surface area is 82.6 Å². The maximum absolute atomic E-state index is 4.14. The summed E-state index contributed by atoms with van der Waals surface area (Å²) in [5.74, 6) is 0. The van der Waals surface area contributed by atoms with Gasteiger partial charge < -0.3 is 0 Å². The predicted octanol–water partition coefficient (Wildman–Crippen LogP) is 2.56. The highest BCUT2D eigenvalue weighted by molar-refractivity contribution is 6.06. The third kappa shape index (κ3) is 1.09. The third-order valence-corrected chi connectivity index (χ3v) is 2.88. The number of fused-ring (bicyclic) bond motifs is 3. The van der Waals surface area contributed by atoms with Crippen LogP contribution in [0, 0.1) is 0 Å². The number of hydrogen-bond donors (Lipinski definition) is 0. The highest BCUT2D eigenvalue weighted by atomic mass is 15.4. The zero-order valence-electron chi connectivity index (χ0n) is 7.85. The molecule has 3 nitrogen and oxygen atoms in total. The molecule has 1 aliphatic heterocycles. The lowest BCUT2D eigenvalue weighted by atomic mass is 10.0. The van der Waals surface area contributed by atoms with E-state index in [9.17, 15) is 0 Å². The van der Waals surface area contributed by atoms with E-state index in [2.05, 4.69) is 39.7 Å². The van der Waals surface area contributed by atoms with Gasteiger partial charge in [-0.25, -0.2) is 0 Å². The van der Waals surface area contributed by atoms with E-state index in [4.69, 9.17) is 0 Å². The first-order chi connectivity index (χ1) is 6.95. The summed E-state index contributed by atoms with van der Waals surface area (Å²) in [6, 6.07) is 8.67. The average molecular weight is 185 g/mol. The molecule has 0 radical (unpaired) electrons. The third-order valence-electron chi connectivity index (χ3n) is 2.88. The highest BCUT2D eigenvalue weighted by Crippen LogP contribution is 2.25. The predicted molar refractivity (Wildman–Crippen MR) is 54.6 cm³/mol. The molecular formula is C11H11N3. The average Bonchev–Trinajstić information content (AvgIpc) is 2.61. The van der Waals surface area contributed by atoms with Crippen molar-refractivity contribution in [1.82, 2.24) is 0 Å². The van der Waals surface area contributed by atoms with E-state index in [0.29, 0.717) is 0 Å². The van der Waals surface area contributed by atoms with E-state index in [1.807, 2.05) is 0 Å². The van der Waals surface area contributed by atoms with Gasteiger partial charge in [-0.05, 0) is 30.0 Å². The number of rotatable bonds is 0. The van der Waals surface area contributed by atoms with Gasteiger partial charge >= 0.3 is 0 Å². The van der Waals surface area contributed by atoms with Gasteiger partial charge in [-0.3, -0.25) is 0 Å². The molecule has 2 aliphatic rings. The van der Waals surface area contributed by atoms with Gasteiger partial charge in [-0.1, -0.05) is 24.3 Å². The Bertz CT molecular complexity index is 420. The monoisotopic (exact) mass is 185 g/mol. The van der Waals surface area contributed by atoms with Crippen molar-refractivity contribution < 1.29 is 0 Å². The van der Waals surface area contributed by atoms with Crippen molar-refractivity contribution in [2.75, 3.05) is 0 Å². The molecule has 3 rings (SSSR count). The molecule has 0 amide bonds. The summed E-state index contributed by atoms with van der Waals surface area (Å²) in [7, 11) is 0. The van der Waals surface area contributed by atoms with E-state index >= 15 is 0 Å². The smallest absolute Gasteiger partial charge is 0.117 e. The quantitative estimate of drug-likeness (QED) is 0.595. The Morgan fingerprint density at radius 3 is 3.14 bits per heavy atom. The molecule has 0 saturated carbocycles. The van der Waals surface area contributed by atoms with E-state index in [0.717, 1.165) is 18.6 Å². The van der Waals surface area contributed by atoms with Crippen LogP contribution in [0.15, 0.2) is 39.7 Å². The van der Waals surface area contributed by atoms with Crippen LogP contribution in [0.1, 0.15) is 24.0 Å². The van der Waals surface area contributed by atoms with Gasteiger partial charge in [0.15, 0.2) is 0 Å². The first-order valence-electron chi connectivity index (χ1n) is 5.01. The fraction of sp³-hybridized carbons (Fsp3) is 0.364. The lowest BCUT2D eigenvalue weighted by molar-refractivity contribution is 0.691. The Morgan fingerprint density at radius 1 is 1.21 bits per heavy atom. The fourth-order valence-electron chi connectivity index (χ4n) is 2.16. The zero-order valence-corrected chi connectivity index (χ0v) is 7.85. The zero-order chi connectivity index (χ0) is 9.38. The second-order valence-electron chi connectivity index (χ2n) is 3.76. The van der Waals surface area contributed by atoms with Crippen LogP contribution in [0.4, 0.5) is 0 Å². The molecule has 0 fully saturated rings. The second-order valence-corrected chi connectivity index (χ2v) is 3.76. The van der Waals surface area contributed by atoms with Crippen LogP contribution in [0.3, 0.4) is 0 Å². The van der Waals surface area contributed by atoms with E-state index in [-0.39, 0.29) is 6.04 Å². The molecule has 70 valence electrons. The fourth-order valence-corrected chi connectivity index (χ4v) is 2.16. The van der Waals surface area contributed by atoms with Crippen molar-refractivity contribution in [1.29, 1.82) is 0 Å². The summed E-state index contributed by atoms with van der Waals surface area (Å²) in [5, 5.41) is 12.1. The van der Waals surface area contributed by atoms with Crippen LogP contribution in [0.25, 0.3) is 0 Å². The highest BCUT2D eigenvalue weighted by Gasteiger charge is 2.25. The Hall–Kier alpha value is -1.51. The Kier molecular flexibility index (Phi) is 1.69. The number of benzene rings is 1. The molecule has 1 aromatic rings. The van der Waals surface area contributed by atoms with Crippen molar-refractivity contribution in [3.8, 4) is 0 Å². The SMILES string of the molecule is c1ccc2c(c1)CCCC1N=NN=C21. The van der Waals surface area contributed by atoms with Gasteiger partial charge in [0.1, 0.15) is 6.04 Å². The van der Waals surface area contributed by atoms with Crippen LogP contribution < -0.4 is 0 Å². The topological polar surface area (TPSA) is 37.1 Å². The molecule has 1 aliphatic carbocycles. The Balaban J connectivity index is 2.15. The summed E-state index contributed by atoms with van der Waals surface area (Å²) in [6.07, 6.45) is 3.40. The number of aryl methyl sites for hydroxylation is 1. The number of nitrogens with zero attached hydrogens (tertiary/aromatic N) is 3. The lowest BCUT2D eigenvalue weighted by Gasteiger charge is -2.06. The van der Waals surface area contributed by atoms with Crippen molar-refractivity contribution in [2.45, 2.75) is 25.3 Å². The van der Waals surface area contributed by atoms with Gasteiger partial charge in [-0.15, -0.1) is 5.10 Å². The van der Waals surface area contributed by atoms with Crippen molar-refractivity contribution in [3.63, 3.8) is 0 Å². The summed E-state index contributed by atoms with van der Waals surface area (Å²) >= 11 is 0. The maximum atomic E-state index is 4.14. The van der Waals surface area contributed by atoms with E-state index in [1.54, 1.807) is 0 Å². The molecule has 0 aromatic heterocycles. The molecule has 1 heterocycles. The normalized spacial score (nSPS) is 23.7. The molecule has 1 aromatic carbocycles. The van der Waals surface area contributed by atoms with Gasteiger partial charge in [-0.2, -0.15) is 5.11 Å². The van der Waals surface area contributed by atoms with Crippen molar-refractivity contribution >= 4 is 5.71 Å². The second kappa shape index (κ2) is 3.01. The summed E-state index contributed by atoms with van der Waals surface area (Å²) in [6.45, 7) is 0. The van der Waals surface area contributed by atoms with E-state index < -0.39 is 0 Å². The van der Waals surface area contributed by atoms with Crippen LogP contribution in [0.5, 0.6) is 0 Å². The summed E-state index contributed by atoms with van der Waals surface area (Å²) < 4.78 is 0. The standard InChI is InChI=1S/C11H11N3/c1-2-6-9-8(4-1)5-3-7-10-11(9)13-14-12-10/h1-2,4,6,10H,3,5,7H2. The van der Waals surface area contributed by atoms with Crippen LogP contribution >= 0.6 is 0 Å². The molecule has 0 spiro atoms. The number of hydrogen-bond acceptors (Lipinski definition) is 3. The van der Waals surface area contributed by atoms with Gasteiger partial charge in [0, 0.05) is 5.56 Å². The molecule has 0 saturated heterocycles. The minimum atomic E-state index is 0.221. The maximum Gasteiger partial charge on any atom is 0.117 e. The molecule has 0 N–H and O–H groups in total. The van der Waals surface area contributed by atoms with E-state index in [1.165, 1.54) is 17.5 Å². The van der Waals surface area contributed by atoms with Gasteiger partial charge in [0.05, 0.1) is 5.71 Å². The lowest BCUT2D eigenvalue weighted by Crippen LogP contribution is -2.15. The minimum absolute atomic E-state index is 0.221. The molecule has 3 heteroatoms. The van der Waals surface area contributed by atoms with Crippen LogP contribution in [-0.4, -0.2) is 11.8 Å². The minimum Gasteiger partial charge on any atom is -0.159 e. The van der Waals surface area contributed by atoms with Crippen LogP contribution in [-0.2, 0) is 6.42 Å². The molecule has 0 bridgehead atoms. The largest absolute Gasteiger partial charge is 0.159 e. The van der Waals surface area contributed by atoms with Crippen molar-refractivity contribution in [3.05, 3.63) is 35.4 Å². The molecule has 1 atom stereocenters. The Morgan fingerprint density at radius 2 is 2.14 bits per heavy atom. The van der Waals surface area contributed by atoms with Gasteiger partial charge in [0.25, 0.3) is 0 Å². The molecule has 14 heavy (non-hydrogen) atoms. The summed E-state index contributed by atoms with van der Waals surface area (Å²) in [5.41, 5.74) is 3.71. The van der Waals surface area contributed by atoms with Crippen molar-refractivity contribution in [2.24, 2.45) is 15.4 Å².